The highest BCUT2D eigenvalue weighted by atomic mass is 79.9. The van der Waals surface area contributed by atoms with Gasteiger partial charge in [-0.15, -0.1) is 0 Å². The Balaban J connectivity index is 1.84. The number of hydrogen-bond acceptors (Lipinski definition) is 3. The van der Waals surface area contributed by atoms with Crippen LogP contribution in [0.2, 0.25) is 0 Å². The Labute approximate surface area is 141 Å². The third-order valence-corrected chi connectivity index (χ3v) is 3.79. The summed E-state index contributed by atoms with van der Waals surface area (Å²) in [5.74, 6) is 1.87. The quantitative estimate of drug-likeness (QED) is 0.732. The molecule has 0 saturated carbocycles. The molecule has 118 valence electrons. The number of anilines is 1. The minimum atomic E-state index is 0.0608. The molecule has 1 heterocycles. The predicted octanol–water partition coefficient (Wildman–Crippen LogP) is 5.02. The van der Waals surface area contributed by atoms with Gasteiger partial charge in [-0.05, 0) is 42.2 Å². The van der Waals surface area contributed by atoms with E-state index in [4.69, 9.17) is 4.74 Å². The minimum absolute atomic E-state index is 0.0608. The van der Waals surface area contributed by atoms with Gasteiger partial charge in [-0.1, -0.05) is 42.8 Å². The fourth-order valence-electron chi connectivity index (χ4n) is 2.15. The van der Waals surface area contributed by atoms with Crippen molar-refractivity contribution in [3.63, 3.8) is 0 Å². The Hall–Kier alpha value is -1.55. The van der Waals surface area contributed by atoms with E-state index in [0.29, 0.717) is 6.61 Å². The van der Waals surface area contributed by atoms with Crippen molar-refractivity contribution in [3.05, 3.63) is 52.6 Å². The van der Waals surface area contributed by atoms with Gasteiger partial charge in [0, 0.05) is 22.8 Å². The number of nitrogens with zero attached hydrogens (tertiary/aromatic N) is 1. The van der Waals surface area contributed by atoms with Crippen LogP contribution >= 0.6 is 15.9 Å². The maximum Gasteiger partial charge on any atom is 0.125 e. The lowest BCUT2D eigenvalue weighted by Crippen LogP contribution is -2.15. The van der Waals surface area contributed by atoms with E-state index in [0.717, 1.165) is 29.0 Å². The highest BCUT2D eigenvalue weighted by Gasteiger charge is 2.19. The lowest BCUT2D eigenvalue weighted by Gasteiger charge is -2.23. The van der Waals surface area contributed by atoms with Crippen LogP contribution in [0.5, 0.6) is 5.75 Å². The van der Waals surface area contributed by atoms with Crippen LogP contribution in [-0.4, -0.2) is 18.1 Å². The summed E-state index contributed by atoms with van der Waals surface area (Å²) in [4.78, 5) is 4.23. The number of ether oxygens (including phenoxy) is 1. The van der Waals surface area contributed by atoms with Gasteiger partial charge in [0.25, 0.3) is 0 Å². The van der Waals surface area contributed by atoms with Crippen molar-refractivity contribution in [1.29, 1.82) is 0 Å². The van der Waals surface area contributed by atoms with Crippen molar-refractivity contribution in [2.75, 3.05) is 18.5 Å². The van der Waals surface area contributed by atoms with E-state index in [1.165, 1.54) is 5.56 Å². The summed E-state index contributed by atoms with van der Waals surface area (Å²) in [6.45, 7) is 8.13. The summed E-state index contributed by atoms with van der Waals surface area (Å²) in [5.41, 5.74) is 1.28. The Morgan fingerprint density at radius 3 is 2.68 bits per heavy atom. The third-order valence-electron chi connectivity index (χ3n) is 3.30. The molecule has 0 bridgehead atoms. The van der Waals surface area contributed by atoms with Crippen LogP contribution in [0.15, 0.2) is 47.1 Å². The Morgan fingerprint density at radius 2 is 2.00 bits per heavy atom. The molecule has 0 fully saturated rings. The van der Waals surface area contributed by atoms with Crippen molar-refractivity contribution < 1.29 is 4.74 Å². The van der Waals surface area contributed by atoms with Crippen molar-refractivity contribution in [2.24, 2.45) is 0 Å². The SMILES string of the molecule is CC(C)(C)c1cc(Br)ccc1OCCCNc1ccccn1. The number of hydrogen-bond donors (Lipinski definition) is 1. The van der Waals surface area contributed by atoms with Gasteiger partial charge < -0.3 is 10.1 Å². The highest BCUT2D eigenvalue weighted by molar-refractivity contribution is 9.10. The monoisotopic (exact) mass is 362 g/mol. The second kappa shape index (κ2) is 7.63. The third kappa shape index (κ3) is 5.02. The summed E-state index contributed by atoms with van der Waals surface area (Å²) in [6.07, 6.45) is 2.71. The van der Waals surface area contributed by atoms with Gasteiger partial charge in [0.05, 0.1) is 6.61 Å². The molecule has 2 rings (SSSR count). The Bertz CT molecular complexity index is 594. The summed E-state index contributed by atoms with van der Waals surface area (Å²) in [5, 5.41) is 3.29. The van der Waals surface area contributed by atoms with Crippen LogP contribution in [0, 0.1) is 0 Å². The maximum absolute atomic E-state index is 5.98. The van der Waals surface area contributed by atoms with Crippen LogP contribution in [0.4, 0.5) is 5.82 Å². The molecule has 0 aliphatic rings. The van der Waals surface area contributed by atoms with Gasteiger partial charge in [-0.3, -0.25) is 0 Å². The first-order valence-corrected chi connectivity index (χ1v) is 8.34. The highest BCUT2D eigenvalue weighted by Crippen LogP contribution is 2.33. The molecule has 2 aromatic rings. The molecule has 0 unspecified atom stereocenters. The zero-order valence-electron chi connectivity index (χ0n) is 13.4. The Morgan fingerprint density at radius 1 is 1.18 bits per heavy atom. The summed E-state index contributed by atoms with van der Waals surface area (Å²) >= 11 is 3.54. The van der Waals surface area contributed by atoms with Crippen molar-refractivity contribution >= 4 is 21.7 Å². The van der Waals surface area contributed by atoms with E-state index < -0.39 is 0 Å². The van der Waals surface area contributed by atoms with Crippen molar-refractivity contribution in [2.45, 2.75) is 32.6 Å². The lowest BCUT2D eigenvalue weighted by molar-refractivity contribution is 0.306. The first-order chi connectivity index (χ1) is 10.5. The molecule has 3 nitrogen and oxygen atoms in total. The van der Waals surface area contributed by atoms with E-state index in [1.54, 1.807) is 6.20 Å². The minimum Gasteiger partial charge on any atom is -0.493 e. The van der Waals surface area contributed by atoms with E-state index in [2.05, 4.69) is 53.1 Å². The predicted molar refractivity (Wildman–Crippen MR) is 95.7 cm³/mol. The molecular weight excluding hydrogens is 340 g/mol. The molecular formula is C18H23BrN2O. The Kier molecular flexibility index (Phi) is 5.83. The van der Waals surface area contributed by atoms with E-state index >= 15 is 0 Å². The van der Waals surface area contributed by atoms with Crippen LogP contribution < -0.4 is 10.1 Å². The lowest BCUT2D eigenvalue weighted by atomic mass is 9.86. The molecule has 0 saturated heterocycles. The molecule has 0 aliphatic carbocycles. The molecule has 0 radical (unpaired) electrons. The largest absolute Gasteiger partial charge is 0.493 e. The van der Waals surface area contributed by atoms with Crippen molar-refractivity contribution in [1.82, 2.24) is 4.98 Å². The normalized spacial score (nSPS) is 11.3. The number of pyridine rings is 1. The van der Waals surface area contributed by atoms with Gasteiger partial charge >= 0.3 is 0 Å². The fraction of sp³-hybridized carbons (Fsp3) is 0.389. The first-order valence-electron chi connectivity index (χ1n) is 7.54. The second-order valence-electron chi connectivity index (χ2n) is 6.23. The topological polar surface area (TPSA) is 34.1 Å². The number of benzene rings is 1. The fourth-order valence-corrected chi connectivity index (χ4v) is 2.51. The van der Waals surface area contributed by atoms with Crippen molar-refractivity contribution in [3.8, 4) is 5.75 Å². The number of rotatable bonds is 6. The van der Waals surface area contributed by atoms with Gasteiger partial charge in [0.15, 0.2) is 0 Å². The van der Waals surface area contributed by atoms with Crippen LogP contribution in [0.3, 0.4) is 0 Å². The molecule has 4 heteroatoms. The average molecular weight is 363 g/mol. The van der Waals surface area contributed by atoms with Gasteiger partial charge in [-0.25, -0.2) is 4.98 Å². The zero-order valence-corrected chi connectivity index (χ0v) is 15.0. The molecule has 0 aliphatic heterocycles. The molecule has 1 aromatic heterocycles. The molecule has 22 heavy (non-hydrogen) atoms. The molecule has 0 amide bonds. The standard InChI is InChI=1S/C18H23BrN2O/c1-18(2,3)15-13-14(19)8-9-16(15)22-12-6-11-21-17-7-4-5-10-20-17/h4-5,7-10,13H,6,11-12H2,1-3H3,(H,20,21). The summed E-state index contributed by atoms with van der Waals surface area (Å²) in [7, 11) is 0. The van der Waals surface area contributed by atoms with Gasteiger partial charge in [0.2, 0.25) is 0 Å². The molecule has 0 spiro atoms. The first kappa shape index (κ1) is 16.8. The molecule has 1 aromatic carbocycles. The maximum atomic E-state index is 5.98. The van der Waals surface area contributed by atoms with E-state index in [9.17, 15) is 0 Å². The van der Waals surface area contributed by atoms with Gasteiger partial charge in [0.1, 0.15) is 11.6 Å². The van der Waals surface area contributed by atoms with Crippen LogP contribution in [0.1, 0.15) is 32.8 Å². The second-order valence-corrected chi connectivity index (χ2v) is 7.15. The number of aromatic nitrogens is 1. The van der Waals surface area contributed by atoms with E-state index in [-0.39, 0.29) is 5.41 Å². The van der Waals surface area contributed by atoms with Gasteiger partial charge in [-0.2, -0.15) is 0 Å². The average Bonchev–Trinajstić information content (AvgIpc) is 2.48. The molecule has 1 N–H and O–H groups in total. The van der Waals surface area contributed by atoms with Crippen LogP contribution in [0.25, 0.3) is 0 Å². The summed E-state index contributed by atoms with van der Waals surface area (Å²) < 4.78 is 7.06. The van der Waals surface area contributed by atoms with Crippen LogP contribution in [-0.2, 0) is 5.41 Å². The molecule has 0 atom stereocenters. The number of halogens is 1. The smallest absolute Gasteiger partial charge is 0.125 e. The van der Waals surface area contributed by atoms with E-state index in [1.807, 2.05) is 30.3 Å². The zero-order chi connectivity index (χ0) is 16.0. The number of nitrogens with one attached hydrogen (secondary N) is 1. The summed E-state index contributed by atoms with van der Waals surface area (Å²) in [6, 6.07) is 12.1.